The molecule has 3 aromatic rings. The molecule has 0 aliphatic carbocycles. The monoisotopic (exact) mass is 292 g/mol. The third kappa shape index (κ3) is 2.74. The van der Waals surface area contributed by atoms with Crippen LogP contribution in [0.4, 0.5) is 0 Å². The van der Waals surface area contributed by atoms with Crippen LogP contribution in [0.1, 0.15) is 17.3 Å². The molecular formula is C17H16N4O. The molecule has 0 saturated heterocycles. The smallest absolute Gasteiger partial charge is 0.256 e. The van der Waals surface area contributed by atoms with Gasteiger partial charge in [-0.15, -0.1) is 0 Å². The van der Waals surface area contributed by atoms with E-state index in [1.165, 1.54) is 0 Å². The summed E-state index contributed by atoms with van der Waals surface area (Å²) in [5.74, 6) is -0.122. The SMILES string of the molecule is CC(=N)NC(=O)c1ccc2cc(-c3cnn(C)c3)ccc2c1. The van der Waals surface area contributed by atoms with Crippen molar-refractivity contribution in [2.24, 2.45) is 7.05 Å². The number of aryl methyl sites for hydroxylation is 1. The maximum atomic E-state index is 11.9. The van der Waals surface area contributed by atoms with Gasteiger partial charge in [0.05, 0.1) is 12.0 Å². The molecule has 5 heteroatoms. The Labute approximate surface area is 128 Å². The zero-order valence-corrected chi connectivity index (χ0v) is 12.4. The Balaban J connectivity index is 1.98. The summed E-state index contributed by atoms with van der Waals surface area (Å²) in [6, 6.07) is 11.6. The molecule has 3 rings (SSSR count). The Morgan fingerprint density at radius 2 is 1.86 bits per heavy atom. The summed E-state index contributed by atoms with van der Waals surface area (Å²) < 4.78 is 1.77. The fourth-order valence-electron chi connectivity index (χ4n) is 2.38. The Morgan fingerprint density at radius 3 is 2.55 bits per heavy atom. The normalized spacial score (nSPS) is 10.6. The van der Waals surface area contributed by atoms with E-state index in [1.54, 1.807) is 17.7 Å². The van der Waals surface area contributed by atoms with E-state index < -0.39 is 0 Å². The highest BCUT2D eigenvalue weighted by Crippen LogP contribution is 2.24. The molecule has 1 amide bonds. The topological polar surface area (TPSA) is 70.8 Å². The van der Waals surface area contributed by atoms with E-state index >= 15 is 0 Å². The maximum absolute atomic E-state index is 11.9. The first kappa shape index (κ1) is 14.0. The molecule has 0 atom stereocenters. The minimum absolute atomic E-state index is 0.136. The molecule has 1 aromatic heterocycles. The van der Waals surface area contributed by atoms with Crippen LogP contribution in [0.3, 0.4) is 0 Å². The van der Waals surface area contributed by atoms with Crippen LogP contribution in [-0.4, -0.2) is 21.5 Å². The van der Waals surface area contributed by atoms with Crippen LogP contribution in [0.15, 0.2) is 48.8 Å². The zero-order valence-electron chi connectivity index (χ0n) is 12.4. The van der Waals surface area contributed by atoms with Crippen molar-refractivity contribution in [2.45, 2.75) is 6.92 Å². The third-order valence-corrected chi connectivity index (χ3v) is 3.44. The molecule has 0 bridgehead atoms. The van der Waals surface area contributed by atoms with Gasteiger partial charge in [-0.25, -0.2) is 0 Å². The summed E-state index contributed by atoms with van der Waals surface area (Å²) in [5, 5.41) is 16.0. The molecule has 5 nitrogen and oxygen atoms in total. The van der Waals surface area contributed by atoms with Crippen molar-refractivity contribution in [3.8, 4) is 11.1 Å². The predicted molar refractivity (Wildman–Crippen MR) is 87.0 cm³/mol. The van der Waals surface area contributed by atoms with Crippen molar-refractivity contribution in [1.82, 2.24) is 15.1 Å². The summed E-state index contributed by atoms with van der Waals surface area (Å²) in [7, 11) is 1.89. The quantitative estimate of drug-likeness (QED) is 0.563. The lowest BCUT2D eigenvalue weighted by Gasteiger charge is -2.06. The van der Waals surface area contributed by atoms with E-state index in [2.05, 4.69) is 16.5 Å². The molecule has 2 N–H and O–H groups in total. The van der Waals surface area contributed by atoms with Gasteiger partial charge >= 0.3 is 0 Å². The van der Waals surface area contributed by atoms with Crippen LogP contribution in [0.2, 0.25) is 0 Å². The Morgan fingerprint density at radius 1 is 1.14 bits per heavy atom. The highest BCUT2D eigenvalue weighted by molar-refractivity contribution is 6.06. The Hall–Kier alpha value is -2.95. The summed E-state index contributed by atoms with van der Waals surface area (Å²) in [4.78, 5) is 11.9. The predicted octanol–water partition coefficient (Wildman–Crippen LogP) is 2.97. The molecule has 0 fully saturated rings. The minimum Gasteiger partial charge on any atom is -0.311 e. The molecule has 0 spiro atoms. The van der Waals surface area contributed by atoms with Crippen molar-refractivity contribution in [1.29, 1.82) is 5.41 Å². The van der Waals surface area contributed by atoms with Gasteiger partial charge < -0.3 is 5.32 Å². The van der Waals surface area contributed by atoms with Gasteiger partial charge in [0.15, 0.2) is 0 Å². The zero-order chi connectivity index (χ0) is 15.7. The summed E-state index contributed by atoms with van der Waals surface area (Å²) in [5.41, 5.74) is 2.70. The fraction of sp³-hybridized carbons (Fsp3) is 0.118. The van der Waals surface area contributed by atoms with Crippen molar-refractivity contribution in [3.05, 3.63) is 54.4 Å². The highest BCUT2D eigenvalue weighted by atomic mass is 16.1. The van der Waals surface area contributed by atoms with Crippen LogP contribution in [0, 0.1) is 5.41 Å². The maximum Gasteiger partial charge on any atom is 0.256 e. The van der Waals surface area contributed by atoms with Crippen LogP contribution >= 0.6 is 0 Å². The lowest BCUT2D eigenvalue weighted by Crippen LogP contribution is -2.27. The number of benzene rings is 2. The number of hydrogen-bond donors (Lipinski definition) is 2. The number of rotatable bonds is 2. The van der Waals surface area contributed by atoms with Crippen LogP contribution in [-0.2, 0) is 7.05 Å². The molecule has 1 heterocycles. The minimum atomic E-state index is -0.259. The van der Waals surface area contributed by atoms with Crippen molar-refractivity contribution < 1.29 is 4.79 Å². The number of fused-ring (bicyclic) bond motifs is 1. The van der Waals surface area contributed by atoms with Crippen LogP contribution in [0.25, 0.3) is 21.9 Å². The van der Waals surface area contributed by atoms with Gasteiger partial charge in [-0.05, 0) is 41.5 Å². The number of hydrogen-bond acceptors (Lipinski definition) is 3. The molecule has 0 aliphatic heterocycles. The van der Waals surface area contributed by atoms with E-state index in [1.807, 2.05) is 43.7 Å². The number of aromatic nitrogens is 2. The van der Waals surface area contributed by atoms with Gasteiger partial charge in [-0.2, -0.15) is 5.10 Å². The number of nitrogens with one attached hydrogen (secondary N) is 2. The molecule has 0 saturated carbocycles. The van der Waals surface area contributed by atoms with E-state index in [9.17, 15) is 4.79 Å². The summed E-state index contributed by atoms with van der Waals surface area (Å²) in [6.45, 7) is 1.54. The Kier molecular flexibility index (Phi) is 3.47. The number of carbonyl (C=O) groups excluding carboxylic acids is 1. The molecule has 0 aliphatic rings. The van der Waals surface area contributed by atoms with E-state index in [-0.39, 0.29) is 11.7 Å². The second-order valence-corrected chi connectivity index (χ2v) is 5.26. The first-order valence-corrected chi connectivity index (χ1v) is 6.92. The molecular weight excluding hydrogens is 276 g/mol. The van der Waals surface area contributed by atoms with Gasteiger partial charge in [0, 0.05) is 24.4 Å². The van der Waals surface area contributed by atoms with E-state index in [0.29, 0.717) is 5.56 Å². The largest absolute Gasteiger partial charge is 0.311 e. The standard InChI is InChI=1S/C17H16N4O/c1-11(18)20-17(22)15-6-5-12-7-14(4-3-13(12)8-15)16-9-19-21(2)10-16/h3-10H,1-2H3,(H2,18,20,22). The highest BCUT2D eigenvalue weighted by Gasteiger charge is 2.08. The van der Waals surface area contributed by atoms with Gasteiger partial charge in [-0.1, -0.05) is 18.2 Å². The van der Waals surface area contributed by atoms with Gasteiger partial charge in [0.2, 0.25) is 0 Å². The van der Waals surface area contributed by atoms with Gasteiger partial charge in [0.1, 0.15) is 0 Å². The van der Waals surface area contributed by atoms with Crippen molar-refractivity contribution >= 4 is 22.5 Å². The first-order valence-electron chi connectivity index (χ1n) is 6.92. The van der Waals surface area contributed by atoms with Crippen LogP contribution < -0.4 is 5.32 Å². The van der Waals surface area contributed by atoms with Gasteiger partial charge in [0.25, 0.3) is 5.91 Å². The summed E-state index contributed by atoms with van der Waals surface area (Å²) >= 11 is 0. The molecule has 0 radical (unpaired) electrons. The fourth-order valence-corrected chi connectivity index (χ4v) is 2.38. The number of carbonyl (C=O) groups is 1. The second-order valence-electron chi connectivity index (χ2n) is 5.26. The van der Waals surface area contributed by atoms with E-state index in [4.69, 9.17) is 5.41 Å². The van der Waals surface area contributed by atoms with E-state index in [0.717, 1.165) is 21.9 Å². The molecule has 2 aromatic carbocycles. The second kappa shape index (κ2) is 5.44. The number of nitrogens with zero attached hydrogens (tertiary/aromatic N) is 2. The number of amides is 1. The Bertz CT molecular complexity index is 879. The van der Waals surface area contributed by atoms with Gasteiger partial charge in [-0.3, -0.25) is 14.9 Å². The summed E-state index contributed by atoms with van der Waals surface area (Å²) in [6.07, 6.45) is 3.80. The first-order chi connectivity index (χ1) is 10.5. The lowest BCUT2D eigenvalue weighted by molar-refractivity contribution is 0.0977. The molecule has 0 unspecified atom stereocenters. The molecule has 110 valence electrons. The van der Waals surface area contributed by atoms with Crippen molar-refractivity contribution in [3.63, 3.8) is 0 Å². The number of amidine groups is 1. The van der Waals surface area contributed by atoms with Crippen LogP contribution in [0.5, 0.6) is 0 Å². The third-order valence-electron chi connectivity index (χ3n) is 3.44. The molecule has 22 heavy (non-hydrogen) atoms. The lowest BCUT2D eigenvalue weighted by atomic mass is 10.0. The average Bonchev–Trinajstić information content (AvgIpc) is 2.92. The average molecular weight is 292 g/mol. The van der Waals surface area contributed by atoms with Crippen molar-refractivity contribution in [2.75, 3.05) is 0 Å².